The Kier molecular flexibility index (Phi) is 6.13. The van der Waals surface area contributed by atoms with E-state index in [0.717, 1.165) is 60.1 Å². The number of rotatable bonds is 3. The summed E-state index contributed by atoms with van der Waals surface area (Å²) in [6.07, 6.45) is 0.859. The summed E-state index contributed by atoms with van der Waals surface area (Å²) < 4.78 is 6.69. The normalized spacial score (nSPS) is 17.8. The lowest BCUT2D eigenvalue weighted by molar-refractivity contribution is 0.142. The smallest absolute Gasteiger partial charge is 0.504 e. The summed E-state index contributed by atoms with van der Waals surface area (Å²) in [5.74, 6) is -1.00. The molecule has 3 heterocycles. The van der Waals surface area contributed by atoms with Crippen molar-refractivity contribution in [1.82, 2.24) is 14.5 Å². The van der Waals surface area contributed by atoms with E-state index in [2.05, 4.69) is 31.3 Å². The second-order valence-corrected chi connectivity index (χ2v) is 8.65. The van der Waals surface area contributed by atoms with Crippen LogP contribution in [0.3, 0.4) is 0 Å². The van der Waals surface area contributed by atoms with E-state index in [1.807, 2.05) is 13.1 Å². The lowest BCUT2D eigenvalue weighted by atomic mass is 9.99. The summed E-state index contributed by atoms with van der Waals surface area (Å²) in [6.45, 7) is 2.29. The van der Waals surface area contributed by atoms with Gasteiger partial charge in [-0.3, -0.25) is 9.69 Å². The molecule has 0 bridgehead atoms. The average molecular weight is 476 g/mol. The molecule has 1 aliphatic heterocycles. The molecule has 0 amide bonds. The molecule has 9 nitrogen and oxygen atoms in total. The van der Waals surface area contributed by atoms with Crippen LogP contribution in [0.5, 0.6) is 11.5 Å². The number of likely N-dealkylation sites (tertiary alicyclic amines) is 1. The summed E-state index contributed by atoms with van der Waals surface area (Å²) in [5, 5.41) is 30.3. The Balaban J connectivity index is 0.00000259. The maximum Gasteiger partial charge on any atom is 0.511 e. The minimum Gasteiger partial charge on any atom is -0.504 e. The Bertz CT molecular complexity index is 1300. The van der Waals surface area contributed by atoms with Crippen molar-refractivity contribution >= 4 is 29.5 Å². The molecular formula is C23H26ClN3O6. The fraction of sp³-hybridized carbons (Fsp3) is 0.391. The van der Waals surface area contributed by atoms with Gasteiger partial charge in [-0.2, -0.15) is 0 Å². The van der Waals surface area contributed by atoms with Crippen molar-refractivity contribution in [3.05, 3.63) is 45.4 Å². The second kappa shape index (κ2) is 8.74. The Morgan fingerprint density at radius 2 is 2.06 bits per heavy atom. The zero-order chi connectivity index (χ0) is 22.6. The fourth-order valence-corrected chi connectivity index (χ4v) is 4.98. The number of carbonyl (C=O) groups is 1. The van der Waals surface area contributed by atoms with Crippen LogP contribution in [0.4, 0.5) is 4.79 Å². The molecule has 176 valence electrons. The van der Waals surface area contributed by atoms with Gasteiger partial charge in [0, 0.05) is 54.4 Å². The van der Waals surface area contributed by atoms with Crippen molar-refractivity contribution in [3.8, 4) is 22.8 Å². The van der Waals surface area contributed by atoms with Gasteiger partial charge < -0.3 is 29.6 Å². The average Bonchev–Trinajstić information content (AvgIpc) is 3.22. The molecule has 1 fully saturated rings. The number of β-amino-alcohol motifs (C(OH)–C–C–N with tert-alkyl or cyclic N) is 1. The van der Waals surface area contributed by atoms with Gasteiger partial charge in [-0.05, 0) is 49.4 Å². The SMILES string of the molecule is Cl.Cn1c(CN2CCC(O)C2)cc2cc3c(cc21)CCCc1c-3[nH]c(=O)c(OC(=O)O)c1O. The number of aliphatic hydroxyl groups excluding tert-OH is 1. The predicted octanol–water partition coefficient (Wildman–Crippen LogP) is 2.77. The second-order valence-electron chi connectivity index (χ2n) is 8.65. The van der Waals surface area contributed by atoms with Crippen LogP contribution < -0.4 is 10.3 Å². The summed E-state index contributed by atoms with van der Waals surface area (Å²) in [7, 11) is 2.03. The molecule has 2 aromatic heterocycles. The molecule has 1 atom stereocenters. The van der Waals surface area contributed by atoms with Gasteiger partial charge in [0.25, 0.3) is 5.56 Å². The van der Waals surface area contributed by atoms with E-state index < -0.39 is 23.2 Å². The molecule has 0 saturated carbocycles. The van der Waals surface area contributed by atoms with Crippen LogP contribution in [-0.2, 0) is 26.4 Å². The van der Waals surface area contributed by atoms with Crippen LogP contribution >= 0.6 is 12.4 Å². The standard InChI is InChI=1S/C23H25N3O6.ClH/c1-25-14(10-26-6-5-15(27)11-26)7-13-8-17-12(9-18(13)25)3-2-4-16-19(17)24-22(29)21(20(16)28)32-23(30)31;/h7-9,15,27H,2-6,10-11H2,1H3,(H,30,31)(H2,24,28,29);1H. The van der Waals surface area contributed by atoms with Crippen LogP contribution in [0.2, 0.25) is 0 Å². The molecule has 1 saturated heterocycles. The van der Waals surface area contributed by atoms with Crippen molar-refractivity contribution in [2.24, 2.45) is 7.05 Å². The molecular weight excluding hydrogens is 450 g/mol. The Morgan fingerprint density at radius 3 is 2.76 bits per heavy atom. The predicted molar refractivity (Wildman–Crippen MR) is 124 cm³/mol. The quantitative estimate of drug-likeness (QED) is 0.429. The van der Waals surface area contributed by atoms with Crippen molar-refractivity contribution in [3.63, 3.8) is 0 Å². The molecule has 5 rings (SSSR count). The van der Waals surface area contributed by atoms with Gasteiger partial charge >= 0.3 is 6.16 Å². The number of aliphatic hydroxyl groups is 1. The van der Waals surface area contributed by atoms with E-state index in [1.165, 1.54) is 0 Å². The Labute approximate surface area is 195 Å². The number of H-pyrrole nitrogens is 1. The number of nitrogens with zero attached hydrogens (tertiary/aromatic N) is 2. The van der Waals surface area contributed by atoms with E-state index >= 15 is 0 Å². The number of hydrogen-bond acceptors (Lipinski definition) is 6. The number of nitrogens with one attached hydrogen (secondary N) is 1. The molecule has 0 radical (unpaired) electrons. The van der Waals surface area contributed by atoms with Crippen LogP contribution in [-0.4, -0.2) is 55.1 Å². The number of aromatic nitrogens is 2. The van der Waals surface area contributed by atoms with E-state index in [9.17, 15) is 19.8 Å². The summed E-state index contributed by atoms with van der Waals surface area (Å²) in [4.78, 5) is 28.4. The number of aromatic amines is 1. The number of carboxylic acid groups (broad SMARTS) is 1. The van der Waals surface area contributed by atoms with Gasteiger partial charge in [0.1, 0.15) is 0 Å². The van der Waals surface area contributed by atoms with Crippen LogP contribution in [0.25, 0.3) is 22.2 Å². The van der Waals surface area contributed by atoms with Gasteiger partial charge in [0.2, 0.25) is 5.75 Å². The molecule has 1 unspecified atom stereocenters. The maximum atomic E-state index is 12.5. The lowest BCUT2D eigenvalue weighted by Crippen LogP contribution is -2.22. The topological polar surface area (TPSA) is 128 Å². The molecule has 33 heavy (non-hydrogen) atoms. The van der Waals surface area contributed by atoms with E-state index in [0.29, 0.717) is 24.2 Å². The third-order valence-electron chi connectivity index (χ3n) is 6.58. The molecule has 1 aliphatic carbocycles. The van der Waals surface area contributed by atoms with Gasteiger partial charge in [-0.25, -0.2) is 4.79 Å². The molecule has 2 aliphatic rings. The van der Waals surface area contributed by atoms with Crippen molar-refractivity contribution in [2.45, 2.75) is 38.3 Å². The van der Waals surface area contributed by atoms with Crippen molar-refractivity contribution in [2.75, 3.05) is 13.1 Å². The van der Waals surface area contributed by atoms with E-state index in [1.54, 1.807) is 0 Å². The number of halogens is 1. The maximum absolute atomic E-state index is 12.5. The van der Waals surface area contributed by atoms with E-state index in [4.69, 9.17) is 5.11 Å². The van der Waals surface area contributed by atoms with Crippen molar-refractivity contribution < 1.29 is 24.9 Å². The summed E-state index contributed by atoms with van der Waals surface area (Å²) in [5.41, 5.74) is 4.32. The van der Waals surface area contributed by atoms with Gasteiger partial charge in [0.15, 0.2) is 5.75 Å². The molecule has 1 aromatic carbocycles. The molecule has 10 heteroatoms. The van der Waals surface area contributed by atoms with E-state index in [-0.39, 0.29) is 18.5 Å². The fourth-order valence-electron chi connectivity index (χ4n) is 4.98. The first-order chi connectivity index (χ1) is 15.3. The first-order valence-corrected chi connectivity index (χ1v) is 10.7. The van der Waals surface area contributed by atoms with Crippen molar-refractivity contribution in [1.29, 1.82) is 0 Å². The number of hydrogen-bond donors (Lipinski definition) is 4. The van der Waals surface area contributed by atoms with Crippen LogP contribution in [0, 0.1) is 0 Å². The highest BCUT2D eigenvalue weighted by molar-refractivity contribution is 5.89. The zero-order valence-electron chi connectivity index (χ0n) is 18.1. The highest BCUT2D eigenvalue weighted by atomic mass is 35.5. The first-order valence-electron chi connectivity index (χ1n) is 10.7. The summed E-state index contributed by atoms with van der Waals surface area (Å²) >= 11 is 0. The highest BCUT2D eigenvalue weighted by Crippen LogP contribution is 2.40. The minimum atomic E-state index is -1.65. The lowest BCUT2D eigenvalue weighted by Gasteiger charge is -2.15. The number of aromatic hydroxyl groups is 1. The van der Waals surface area contributed by atoms with Crippen LogP contribution in [0.15, 0.2) is 23.0 Å². The van der Waals surface area contributed by atoms with Crippen LogP contribution in [0.1, 0.15) is 29.7 Å². The third-order valence-corrected chi connectivity index (χ3v) is 6.58. The minimum absolute atomic E-state index is 0. The Hall–Kier alpha value is -3.01. The third kappa shape index (κ3) is 4.07. The highest BCUT2D eigenvalue weighted by Gasteiger charge is 2.26. The number of aryl methyl sites for hydroxylation is 2. The molecule has 3 aromatic rings. The molecule has 4 N–H and O–H groups in total. The summed E-state index contributed by atoms with van der Waals surface area (Å²) in [6, 6.07) is 6.26. The zero-order valence-corrected chi connectivity index (χ0v) is 18.9. The number of ether oxygens (including phenoxy) is 1. The van der Waals surface area contributed by atoms with Gasteiger partial charge in [-0.15, -0.1) is 12.4 Å². The van der Waals surface area contributed by atoms with Gasteiger partial charge in [0.05, 0.1) is 11.8 Å². The monoisotopic (exact) mass is 475 g/mol. The number of fused-ring (bicyclic) bond motifs is 4. The number of pyridine rings is 1. The number of benzene rings is 1. The Morgan fingerprint density at radius 1 is 1.27 bits per heavy atom. The largest absolute Gasteiger partial charge is 0.511 e. The van der Waals surface area contributed by atoms with Gasteiger partial charge in [-0.1, -0.05) is 0 Å². The first kappa shape index (κ1) is 23.2. The molecule has 0 spiro atoms.